The molecule has 0 saturated carbocycles. The second-order valence-corrected chi connectivity index (χ2v) is 3.86. The molecule has 0 bridgehead atoms. The van der Waals surface area contributed by atoms with Gasteiger partial charge >= 0.3 is 0 Å². The van der Waals surface area contributed by atoms with Crippen molar-refractivity contribution in [3.05, 3.63) is 17.5 Å². The van der Waals surface area contributed by atoms with Gasteiger partial charge in [-0.15, -0.1) is 0 Å². The summed E-state index contributed by atoms with van der Waals surface area (Å²) in [6.45, 7) is 2.74. The summed E-state index contributed by atoms with van der Waals surface area (Å²) in [5.74, 6) is 0. The molecule has 0 aromatic carbocycles. The lowest BCUT2D eigenvalue weighted by Crippen LogP contribution is -2.26. The van der Waals surface area contributed by atoms with Crippen molar-refractivity contribution in [1.29, 1.82) is 0 Å². The van der Waals surface area contributed by atoms with Gasteiger partial charge in [0, 0.05) is 25.9 Å². The van der Waals surface area contributed by atoms with Gasteiger partial charge in [-0.2, -0.15) is 5.10 Å². The van der Waals surface area contributed by atoms with Crippen molar-refractivity contribution in [2.45, 2.75) is 32.2 Å². The Bertz CT molecular complexity index is 296. The number of aromatic nitrogens is 2. The SMILES string of the molecule is CCc1cc(CCC(N)COC)n(C)n1. The Balaban J connectivity index is 2.46. The van der Waals surface area contributed by atoms with E-state index in [1.165, 1.54) is 5.69 Å². The van der Waals surface area contributed by atoms with E-state index in [1.54, 1.807) is 7.11 Å². The summed E-state index contributed by atoms with van der Waals surface area (Å²) < 4.78 is 6.94. The molecule has 1 aromatic heterocycles. The Morgan fingerprint density at radius 2 is 2.33 bits per heavy atom. The molecule has 0 aliphatic rings. The van der Waals surface area contributed by atoms with Crippen LogP contribution in [0.1, 0.15) is 24.7 Å². The lowest BCUT2D eigenvalue weighted by Gasteiger charge is -2.09. The van der Waals surface area contributed by atoms with Crippen molar-refractivity contribution < 1.29 is 4.74 Å². The van der Waals surface area contributed by atoms with Crippen LogP contribution in [0.3, 0.4) is 0 Å². The molecule has 0 radical (unpaired) electrons. The standard InChI is InChI=1S/C11H21N3O/c1-4-10-7-11(14(2)13-10)6-5-9(12)8-15-3/h7,9H,4-6,8,12H2,1-3H3. The molecule has 0 aliphatic carbocycles. The smallest absolute Gasteiger partial charge is 0.0624 e. The fourth-order valence-electron chi connectivity index (χ4n) is 1.61. The summed E-state index contributed by atoms with van der Waals surface area (Å²) in [6, 6.07) is 2.27. The average molecular weight is 211 g/mol. The highest BCUT2D eigenvalue weighted by Gasteiger charge is 2.07. The fourth-order valence-corrected chi connectivity index (χ4v) is 1.61. The van der Waals surface area contributed by atoms with Crippen LogP contribution in [-0.4, -0.2) is 29.5 Å². The number of rotatable bonds is 6. The average Bonchev–Trinajstić information content (AvgIpc) is 2.57. The van der Waals surface area contributed by atoms with Crippen molar-refractivity contribution in [1.82, 2.24) is 9.78 Å². The molecule has 4 heteroatoms. The molecule has 15 heavy (non-hydrogen) atoms. The van der Waals surface area contributed by atoms with Crippen LogP contribution in [0.4, 0.5) is 0 Å². The first kappa shape index (κ1) is 12.2. The van der Waals surface area contributed by atoms with E-state index < -0.39 is 0 Å². The van der Waals surface area contributed by atoms with Crippen LogP contribution < -0.4 is 5.73 Å². The minimum absolute atomic E-state index is 0.120. The maximum atomic E-state index is 5.87. The minimum Gasteiger partial charge on any atom is -0.383 e. The zero-order valence-electron chi connectivity index (χ0n) is 9.86. The Hall–Kier alpha value is -0.870. The van der Waals surface area contributed by atoms with E-state index in [0.717, 1.165) is 25.0 Å². The van der Waals surface area contributed by atoms with Crippen molar-refractivity contribution in [2.24, 2.45) is 12.8 Å². The lowest BCUT2D eigenvalue weighted by molar-refractivity contribution is 0.177. The van der Waals surface area contributed by atoms with E-state index in [9.17, 15) is 0 Å². The Kier molecular flexibility index (Phi) is 4.78. The van der Waals surface area contributed by atoms with Gasteiger partial charge in [-0.3, -0.25) is 4.68 Å². The number of nitrogens with two attached hydrogens (primary N) is 1. The molecule has 4 nitrogen and oxygen atoms in total. The van der Waals surface area contributed by atoms with Crippen LogP contribution >= 0.6 is 0 Å². The molecule has 86 valence electrons. The molecule has 1 aromatic rings. The normalized spacial score (nSPS) is 13.1. The van der Waals surface area contributed by atoms with Crippen LogP contribution in [0.15, 0.2) is 6.07 Å². The summed E-state index contributed by atoms with van der Waals surface area (Å²) in [5, 5.41) is 4.40. The van der Waals surface area contributed by atoms with Crippen molar-refractivity contribution in [2.75, 3.05) is 13.7 Å². The van der Waals surface area contributed by atoms with Crippen molar-refractivity contribution in [3.63, 3.8) is 0 Å². The second kappa shape index (κ2) is 5.88. The van der Waals surface area contributed by atoms with E-state index in [0.29, 0.717) is 6.61 Å². The maximum absolute atomic E-state index is 5.87. The third-order valence-corrected chi connectivity index (χ3v) is 2.54. The van der Waals surface area contributed by atoms with Gasteiger partial charge in [0.2, 0.25) is 0 Å². The van der Waals surface area contributed by atoms with E-state index in [1.807, 2.05) is 11.7 Å². The number of hydrogen-bond acceptors (Lipinski definition) is 3. The van der Waals surface area contributed by atoms with Gasteiger partial charge in [0.25, 0.3) is 0 Å². The third-order valence-electron chi connectivity index (χ3n) is 2.54. The quantitative estimate of drug-likeness (QED) is 0.760. The minimum atomic E-state index is 0.120. The molecule has 1 heterocycles. The largest absolute Gasteiger partial charge is 0.383 e. The highest BCUT2D eigenvalue weighted by Crippen LogP contribution is 2.07. The van der Waals surface area contributed by atoms with Crippen molar-refractivity contribution in [3.8, 4) is 0 Å². The summed E-state index contributed by atoms with van der Waals surface area (Å²) in [7, 11) is 3.66. The molecular weight excluding hydrogens is 190 g/mol. The molecule has 1 unspecified atom stereocenters. The summed E-state index contributed by atoms with van der Waals surface area (Å²) in [6.07, 6.45) is 2.89. The van der Waals surface area contributed by atoms with Crippen LogP contribution in [0, 0.1) is 0 Å². The highest BCUT2D eigenvalue weighted by molar-refractivity contribution is 5.10. The summed E-state index contributed by atoms with van der Waals surface area (Å²) in [5.41, 5.74) is 8.26. The topological polar surface area (TPSA) is 53.1 Å². The Labute approximate surface area is 91.4 Å². The first-order valence-electron chi connectivity index (χ1n) is 5.43. The van der Waals surface area contributed by atoms with Crippen molar-refractivity contribution >= 4 is 0 Å². The van der Waals surface area contributed by atoms with E-state index in [-0.39, 0.29) is 6.04 Å². The van der Waals surface area contributed by atoms with Gasteiger partial charge in [0.15, 0.2) is 0 Å². The van der Waals surface area contributed by atoms with Crippen LogP contribution in [0.2, 0.25) is 0 Å². The number of ether oxygens (including phenoxy) is 1. The molecule has 2 N–H and O–H groups in total. The second-order valence-electron chi connectivity index (χ2n) is 3.86. The maximum Gasteiger partial charge on any atom is 0.0624 e. The molecule has 1 atom stereocenters. The van der Waals surface area contributed by atoms with E-state index in [2.05, 4.69) is 18.1 Å². The third kappa shape index (κ3) is 3.64. The predicted octanol–water partition coefficient (Wildman–Crippen LogP) is 0.889. The number of methoxy groups -OCH3 is 1. The molecule has 0 spiro atoms. The van der Waals surface area contributed by atoms with Crippen LogP contribution in [-0.2, 0) is 24.6 Å². The molecule has 0 fully saturated rings. The van der Waals surface area contributed by atoms with Gasteiger partial charge in [-0.05, 0) is 25.3 Å². The molecular formula is C11H21N3O. The number of nitrogens with zero attached hydrogens (tertiary/aromatic N) is 2. The first-order valence-corrected chi connectivity index (χ1v) is 5.43. The molecule has 0 aliphatic heterocycles. The van der Waals surface area contributed by atoms with Crippen LogP contribution in [0.25, 0.3) is 0 Å². The van der Waals surface area contributed by atoms with Gasteiger partial charge in [0.1, 0.15) is 0 Å². The molecule has 0 amide bonds. The monoisotopic (exact) mass is 211 g/mol. The predicted molar refractivity (Wildman–Crippen MR) is 60.8 cm³/mol. The van der Waals surface area contributed by atoms with Crippen LogP contribution in [0.5, 0.6) is 0 Å². The summed E-state index contributed by atoms with van der Waals surface area (Å²) >= 11 is 0. The van der Waals surface area contributed by atoms with E-state index >= 15 is 0 Å². The van der Waals surface area contributed by atoms with Gasteiger partial charge < -0.3 is 10.5 Å². The van der Waals surface area contributed by atoms with E-state index in [4.69, 9.17) is 10.5 Å². The zero-order valence-corrected chi connectivity index (χ0v) is 9.86. The Morgan fingerprint density at radius 1 is 1.60 bits per heavy atom. The summed E-state index contributed by atoms with van der Waals surface area (Å²) in [4.78, 5) is 0. The van der Waals surface area contributed by atoms with Gasteiger partial charge in [-0.1, -0.05) is 6.92 Å². The number of aryl methyl sites for hydroxylation is 3. The molecule has 1 rings (SSSR count). The first-order chi connectivity index (χ1) is 7.17. The fraction of sp³-hybridized carbons (Fsp3) is 0.727. The van der Waals surface area contributed by atoms with Gasteiger partial charge in [-0.25, -0.2) is 0 Å². The zero-order chi connectivity index (χ0) is 11.3. The number of hydrogen-bond donors (Lipinski definition) is 1. The highest BCUT2D eigenvalue weighted by atomic mass is 16.5. The Morgan fingerprint density at radius 3 is 2.87 bits per heavy atom. The van der Waals surface area contributed by atoms with Gasteiger partial charge in [0.05, 0.1) is 12.3 Å². The molecule has 0 saturated heterocycles. The lowest BCUT2D eigenvalue weighted by atomic mass is 10.1.